The van der Waals surface area contributed by atoms with E-state index in [1.807, 2.05) is 29.6 Å². The molecule has 0 unspecified atom stereocenters. The molecule has 0 fully saturated rings. The van der Waals surface area contributed by atoms with Gasteiger partial charge in [-0.3, -0.25) is 4.98 Å². The molecule has 4 rings (SSSR count). The van der Waals surface area contributed by atoms with Gasteiger partial charge in [-0.05, 0) is 29.1 Å². The first-order valence-electron chi connectivity index (χ1n) is 7.49. The van der Waals surface area contributed by atoms with Crippen molar-refractivity contribution in [1.29, 1.82) is 0 Å². The molecule has 0 aliphatic heterocycles. The average molecular weight is 334 g/mol. The van der Waals surface area contributed by atoms with Gasteiger partial charge in [-0.1, -0.05) is 30.3 Å². The van der Waals surface area contributed by atoms with Crippen molar-refractivity contribution < 1.29 is 4.74 Å². The third kappa shape index (κ3) is 3.18. The van der Waals surface area contributed by atoms with Crippen molar-refractivity contribution in [2.45, 2.75) is 6.54 Å². The van der Waals surface area contributed by atoms with E-state index in [2.05, 4.69) is 32.4 Å². The molecule has 24 heavy (non-hydrogen) atoms. The predicted molar refractivity (Wildman–Crippen MR) is 95.5 cm³/mol. The Kier molecular flexibility index (Phi) is 4.04. The van der Waals surface area contributed by atoms with E-state index in [0.717, 1.165) is 10.2 Å². The summed E-state index contributed by atoms with van der Waals surface area (Å²) in [5.41, 5.74) is 2.04. The fraction of sp³-hybridized carbons (Fsp3) is 0.0556. The third-order valence-electron chi connectivity index (χ3n) is 3.43. The monoisotopic (exact) mass is 334 g/mol. The lowest BCUT2D eigenvalue weighted by molar-refractivity contribution is 0.469. The number of pyridine rings is 1. The van der Waals surface area contributed by atoms with Crippen molar-refractivity contribution >= 4 is 27.5 Å². The molecule has 0 radical (unpaired) electrons. The molecule has 0 bridgehead atoms. The first kappa shape index (κ1) is 14.6. The number of thiophene rings is 1. The lowest BCUT2D eigenvalue weighted by Gasteiger charge is -2.09. The van der Waals surface area contributed by atoms with Crippen molar-refractivity contribution in [3.63, 3.8) is 0 Å². The minimum atomic E-state index is 0.550. The summed E-state index contributed by atoms with van der Waals surface area (Å²) in [6, 6.07) is 15.7. The van der Waals surface area contributed by atoms with E-state index in [-0.39, 0.29) is 0 Å². The minimum Gasteiger partial charge on any atom is -0.437 e. The molecule has 0 amide bonds. The number of hydrogen-bond donors (Lipinski definition) is 1. The van der Waals surface area contributed by atoms with Gasteiger partial charge in [0.05, 0.1) is 5.52 Å². The number of ether oxygens (including phenoxy) is 1. The van der Waals surface area contributed by atoms with Gasteiger partial charge >= 0.3 is 0 Å². The maximum absolute atomic E-state index is 5.92. The molecule has 0 saturated carbocycles. The summed E-state index contributed by atoms with van der Waals surface area (Å²) in [4.78, 5) is 13.1. The van der Waals surface area contributed by atoms with Crippen molar-refractivity contribution in [2.75, 3.05) is 5.32 Å². The molecule has 0 spiro atoms. The van der Waals surface area contributed by atoms with E-state index in [4.69, 9.17) is 4.74 Å². The SMILES string of the molecule is c1ccc(CNc2nc(Oc3ccncc3)c3sccc3n2)cc1. The first-order valence-corrected chi connectivity index (χ1v) is 8.37. The van der Waals surface area contributed by atoms with Crippen LogP contribution in [0.3, 0.4) is 0 Å². The zero-order valence-electron chi connectivity index (χ0n) is 12.7. The van der Waals surface area contributed by atoms with Gasteiger partial charge in [-0.25, -0.2) is 4.98 Å². The van der Waals surface area contributed by atoms with Crippen LogP contribution in [0.1, 0.15) is 5.56 Å². The van der Waals surface area contributed by atoms with Gasteiger partial charge in [0.25, 0.3) is 0 Å². The Morgan fingerprint density at radius 3 is 2.62 bits per heavy atom. The predicted octanol–water partition coefficient (Wildman–Crippen LogP) is 4.49. The second kappa shape index (κ2) is 6.64. The summed E-state index contributed by atoms with van der Waals surface area (Å²) in [7, 11) is 0. The summed E-state index contributed by atoms with van der Waals surface area (Å²) in [6.45, 7) is 0.658. The van der Waals surface area contributed by atoms with Crippen molar-refractivity contribution in [3.05, 3.63) is 71.9 Å². The Hall–Kier alpha value is -2.99. The van der Waals surface area contributed by atoms with Gasteiger partial charge in [0.2, 0.25) is 11.8 Å². The van der Waals surface area contributed by atoms with Crippen LogP contribution >= 0.6 is 11.3 Å². The molecule has 3 heterocycles. The summed E-state index contributed by atoms with van der Waals surface area (Å²) < 4.78 is 6.85. The molecule has 118 valence electrons. The number of nitrogens with zero attached hydrogens (tertiary/aromatic N) is 3. The summed E-state index contributed by atoms with van der Waals surface area (Å²) in [5.74, 6) is 1.80. The Morgan fingerprint density at radius 1 is 0.958 bits per heavy atom. The van der Waals surface area contributed by atoms with Crippen molar-refractivity contribution in [2.24, 2.45) is 0 Å². The number of nitrogens with one attached hydrogen (secondary N) is 1. The van der Waals surface area contributed by atoms with E-state index in [1.54, 1.807) is 35.9 Å². The topological polar surface area (TPSA) is 59.9 Å². The second-order valence-electron chi connectivity index (χ2n) is 5.11. The zero-order valence-corrected chi connectivity index (χ0v) is 13.5. The van der Waals surface area contributed by atoms with Crippen LogP contribution in [-0.4, -0.2) is 15.0 Å². The molecule has 0 saturated heterocycles. The normalized spacial score (nSPS) is 10.7. The van der Waals surface area contributed by atoms with Gasteiger partial charge in [-0.2, -0.15) is 4.98 Å². The molecule has 1 aromatic carbocycles. The van der Waals surface area contributed by atoms with Gasteiger partial charge in [0, 0.05) is 18.9 Å². The molecular formula is C18H14N4OS. The Morgan fingerprint density at radius 2 is 1.79 bits per heavy atom. The van der Waals surface area contributed by atoms with E-state index >= 15 is 0 Å². The summed E-state index contributed by atoms with van der Waals surface area (Å²) in [6.07, 6.45) is 3.38. The molecule has 4 aromatic rings. The number of benzene rings is 1. The van der Waals surface area contributed by atoms with Crippen molar-refractivity contribution in [1.82, 2.24) is 15.0 Å². The molecule has 6 heteroatoms. The molecule has 0 atom stereocenters. The summed E-state index contributed by atoms with van der Waals surface area (Å²) in [5, 5.41) is 5.24. The van der Waals surface area contributed by atoms with Gasteiger partial charge in [-0.15, -0.1) is 11.3 Å². The smallest absolute Gasteiger partial charge is 0.242 e. The van der Waals surface area contributed by atoms with E-state index < -0.39 is 0 Å². The summed E-state index contributed by atoms with van der Waals surface area (Å²) >= 11 is 1.56. The highest BCUT2D eigenvalue weighted by Gasteiger charge is 2.11. The number of hydrogen-bond acceptors (Lipinski definition) is 6. The first-order chi connectivity index (χ1) is 11.9. The number of aromatic nitrogens is 3. The largest absolute Gasteiger partial charge is 0.437 e. The lowest BCUT2D eigenvalue weighted by atomic mass is 10.2. The molecule has 0 aliphatic rings. The zero-order chi connectivity index (χ0) is 16.2. The molecular weight excluding hydrogens is 320 g/mol. The fourth-order valence-electron chi connectivity index (χ4n) is 2.28. The van der Waals surface area contributed by atoms with Gasteiger partial charge < -0.3 is 10.1 Å². The van der Waals surface area contributed by atoms with Crippen LogP contribution in [0.15, 0.2) is 66.3 Å². The van der Waals surface area contributed by atoms with Gasteiger partial charge in [0.1, 0.15) is 10.4 Å². The van der Waals surface area contributed by atoms with Crippen LogP contribution in [0.2, 0.25) is 0 Å². The standard InChI is InChI=1S/C18H14N4OS/c1-2-4-13(5-3-1)12-20-18-21-15-8-11-24-16(15)17(22-18)23-14-6-9-19-10-7-14/h1-11H,12H2,(H,20,21,22). The molecule has 5 nitrogen and oxygen atoms in total. The highest BCUT2D eigenvalue weighted by molar-refractivity contribution is 7.17. The quantitative estimate of drug-likeness (QED) is 0.583. The van der Waals surface area contributed by atoms with E-state index in [1.165, 1.54) is 5.56 Å². The molecule has 0 aliphatic carbocycles. The lowest BCUT2D eigenvalue weighted by Crippen LogP contribution is -2.04. The van der Waals surface area contributed by atoms with Gasteiger partial charge in [0.15, 0.2) is 0 Å². The van der Waals surface area contributed by atoms with Crippen LogP contribution in [0.25, 0.3) is 10.2 Å². The van der Waals surface area contributed by atoms with E-state index in [0.29, 0.717) is 24.1 Å². The molecule has 3 aromatic heterocycles. The number of fused-ring (bicyclic) bond motifs is 1. The Bertz CT molecular complexity index is 941. The number of rotatable bonds is 5. The Balaban J connectivity index is 1.62. The van der Waals surface area contributed by atoms with Crippen LogP contribution in [0, 0.1) is 0 Å². The Labute approximate surface area is 143 Å². The highest BCUT2D eigenvalue weighted by Crippen LogP contribution is 2.32. The number of anilines is 1. The highest BCUT2D eigenvalue weighted by atomic mass is 32.1. The van der Waals surface area contributed by atoms with Crippen LogP contribution in [0.5, 0.6) is 11.6 Å². The average Bonchev–Trinajstić information content (AvgIpc) is 3.11. The molecule has 1 N–H and O–H groups in total. The third-order valence-corrected chi connectivity index (χ3v) is 4.32. The maximum atomic E-state index is 5.92. The van der Waals surface area contributed by atoms with Crippen LogP contribution in [-0.2, 0) is 6.54 Å². The second-order valence-corrected chi connectivity index (χ2v) is 6.03. The maximum Gasteiger partial charge on any atom is 0.242 e. The fourth-order valence-corrected chi connectivity index (χ4v) is 3.04. The van der Waals surface area contributed by atoms with Crippen LogP contribution < -0.4 is 10.1 Å². The van der Waals surface area contributed by atoms with Crippen LogP contribution in [0.4, 0.5) is 5.95 Å². The van der Waals surface area contributed by atoms with E-state index in [9.17, 15) is 0 Å². The van der Waals surface area contributed by atoms with Crippen molar-refractivity contribution in [3.8, 4) is 11.6 Å². The minimum absolute atomic E-state index is 0.550.